The molecule has 140 valence electrons. The van der Waals surface area contributed by atoms with E-state index in [1.807, 2.05) is 13.2 Å². The monoisotopic (exact) mass is 346 g/mol. The van der Waals surface area contributed by atoms with Gasteiger partial charge in [-0.25, -0.2) is 4.98 Å². The van der Waals surface area contributed by atoms with Gasteiger partial charge in [0.25, 0.3) is 0 Å². The predicted octanol–water partition coefficient (Wildman–Crippen LogP) is 1.96. The molecular formula is C19H34N6. The molecule has 0 amide bonds. The maximum Gasteiger partial charge on any atom is 0.193 e. The van der Waals surface area contributed by atoms with Crippen molar-refractivity contribution in [1.29, 1.82) is 0 Å². The first-order valence-electron chi connectivity index (χ1n) is 9.92. The lowest BCUT2D eigenvalue weighted by Gasteiger charge is -2.23. The molecule has 0 aromatic carbocycles. The molecule has 0 radical (unpaired) electrons. The minimum atomic E-state index is 0.806. The van der Waals surface area contributed by atoms with E-state index >= 15 is 0 Å². The van der Waals surface area contributed by atoms with Crippen LogP contribution in [0, 0.1) is 12.8 Å². The zero-order chi connectivity index (χ0) is 17.5. The van der Waals surface area contributed by atoms with Crippen molar-refractivity contribution in [3.63, 3.8) is 0 Å². The van der Waals surface area contributed by atoms with Crippen LogP contribution in [-0.2, 0) is 6.54 Å². The van der Waals surface area contributed by atoms with Gasteiger partial charge in [0.2, 0.25) is 0 Å². The smallest absolute Gasteiger partial charge is 0.193 e. The van der Waals surface area contributed by atoms with Crippen LogP contribution in [0.2, 0.25) is 0 Å². The summed E-state index contributed by atoms with van der Waals surface area (Å²) in [6.07, 6.45) is 10.3. The number of aryl methyl sites for hydroxylation is 2. The summed E-state index contributed by atoms with van der Waals surface area (Å²) in [6, 6.07) is 0. The number of rotatable bonds is 7. The molecule has 1 aromatic heterocycles. The SMILES string of the molecule is CN=C(NCCCCn1ccnc1C)N1CCC(CN2CCCC2)C1. The third-order valence-electron chi connectivity index (χ3n) is 5.54. The predicted molar refractivity (Wildman–Crippen MR) is 103 cm³/mol. The first kappa shape index (κ1) is 18.2. The second kappa shape index (κ2) is 9.22. The Kier molecular flexibility index (Phi) is 6.73. The molecule has 1 unspecified atom stereocenters. The van der Waals surface area contributed by atoms with Gasteiger partial charge in [0.1, 0.15) is 5.82 Å². The summed E-state index contributed by atoms with van der Waals surface area (Å²) in [5, 5.41) is 3.56. The third-order valence-corrected chi connectivity index (χ3v) is 5.54. The highest BCUT2D eigenvalue weighted by molar-refractivity contribution is 5.80. The molecule has 1 aromatic rings. The molecule has 2 aliphatic rings. The number of guanidine groups is 1. The number of hydrogen-bond donors (Lipinski definition) is 1. The lowest BCUT2D eigenvalue weighted by molar-refractivity contribution is 0.281. The van der Waals surface area contributed by atoms with E-state index in [0.29, 0.717) is 0 Å². The molecule has 2 fully saturated rings. The van der Waals surface area contributed by atoms with E-state index in [1.54, 1.807) is 0 Å². The van der Waals surface area contributed by atoms with E-state index in [0.717, 1.165) is 50.3 Å². The van der Waals surface area contributed by atoms with Gasteiger partial charge in [0.15, 0.2) is 5.96 Å². The molecule has 2 saturated heterocycles. The molecule has 1 atom stereocenters. The Bertz CT molecular complexity index is 546. The lowest BCUT2D eigenvalue weighted by atomic mass is 10.1. The largest absolute Gasteiger partial charge is 0.356 e. The quantitative estimate of drug-likeness (QED) is 0.466. The van der Waals surface area contributed by atoms with Crippen molar-refractivity contribution in [2.24, 2.45) is 10.9 Å². The average molecular weight is 347 g/mol. The molecule has 6 heteroatoms. The van der Waals surface area contributed by atoms with Crippen molar-refractivity contribution in [3.05, 3.63) is 18.2 Å². The van der Waals surface area contributed by atoms with Crippen LogP contribution in [0.1, 0.15) is 37.9 Å². The number of aromatic nitrogens is 2. The summed E-state index contributed by atoms with van der Waals surface area (Å²) in [5.41, 5.74) is 0. The number of imidazole rings is 1. The van der Waals surface area contributed by atoms with Crippen LogP contribution in [-0.4, -0.2) is 71.6 Å². The fourth-order valence-corrected chi connectivity index (χ4v) is 4.08. The van der Waals surface area contributed by atoms with E-state index in [4.69, 9.17) is 0 Å². The van der Waals surface area contributed by atoms with Crippen LogP contribution >= 0.6 is 0 Å². The number of nitrogens with one attached hydrogen (secondary N) is 1. The minimum absolute atomic E-state index is 0.806. The first-order chi connectivity index (χ1) is 12.3. The van der Waals surface area contributed by atoms with Gasteiger partial charge in [-0.15, -0.1) is 0 Å². The van der Waals surface area contributed by atoms with E-state index in [1.165, 1.54) is 45.3 Å². The molecule has 25 heavy (non-hydrogen) atoms. The molecule has 3 rings (SSSR count). The number of unbranched alkanes of at least 4 members (excludes halogenated alkanes) is 1. The molecule has 0 aliphatic carbocycles. The summed E-state index contributed by atoms with van der Waals surface area (Å²) in [4.78, 5) is 13.9. The summed E-state index contributed by atoms with van der Waals surface area (Å²) in [6.45, 7) is 10.3. The second-order valence-corrected chi connectivity index (χ2v) is 7.46. The Morgan fingerprint density at radius 3 is 2.84 bits per heavy atom. The van der Waals surface area contributed by atoms with Crippen LogP contribution in [0.5, 0.6) is 0 Å². The van der Waals surface area contributed by atoms with Gasteiger partial charge >= 0.3 is 0 Å². The van der Waals surface area contributed by atoms with E-state index in [-0.39, 0.29) is 0 Å². The van der Waals surface area contributed by atoms with Gasteiger partial charge in [-0.3, -0.25) is 4.99 Å². The van der Waals surface area contributed by atoms with Crippen LogP contribution in [0.15, 0.2) is 17.4 Å². The molecular weight excluding hydrogens is 312 g/mol. The van der Waals surface area contributed by atoms with Gasteiger partial charge in [0, 0.05) is 52.2 Å². The second-order valence-electron chi connectivity index (χ2n) is 7.46. The van der Waals surface area contributed by atoms with Gasteiger partial charge in [-0.05, 0) is 58.0 Å². The highest BCUT2D eigenvalue weighted by Gasteiger charge is 2.27. The molecule has 0 spiro atoms. The van der Waals surface area contributed by atoms with Gasteiger partial charge in [-0.2, -0.15) is 0 Å². The summed E-state index contributed by atoms with van der Waals surface area (Å²) in [7, 11) is 1.91. The summed E-state index contributed by atoms with van der Waals surface area (Å²) >= 11 is 0. The zero-order valence-electron chi connectivity index (χ0n) is 16.0. The van der Waals surface area contributed by atoms with Crippen molar-refractivity contribution in [3.8, 4) is 0 Å². The minimum Gasteiger partial charge on any atom is -0.356 e. The molecule has 0 bridgehead atoms. The van der Waals surface area contributed by atoms with Crippen molar-refractivity contribution in [2.75, 3.05) is 46.3 Å². The molecule has 1 N–H and O–H groups in total. The standard InChI is InChI=1S/C19H34N6/c1-17-21-9-14-24(17)12-4-3-8-22-19(20-2)25-13-7-18(16-25)15-23-10-5-6-11-23/h9,14,18H,3-8,10-13,15-16H2,1-2H3,(H,20,22). The third kappa shape index (κ3) is 5.21. The Labute approximate surface area is 152 Å². The Hall–Kier alpha value is -1.56. The van der Waals surface area contributed by atoms with Crippen molar-refractivity contribution in [1.82, 2.24) is 24.7 Å². The molecule has 6 nitrogen and oxygen atoms in total. The summed E-state index contributed by atoms with van der Waals surface area (Å²) < 4.78 is 2.22. The number of nitrogens with zero attached hydrogens (tertiary/aromatic N) is 5. The Morgan fingerprint density at radius 2 is 2.12 bits per heavy atom. The van der Waals surface area contributed by atoms with E-state index in [9.17, 15) is 0 Å². The highest BCUT2D eigenvalue weighted by Crippen LogP contribution is 2.19. The van der Waals surface area contributed by atoms with Gasteiger partial charge < -0.3 is 19.7 Å². The van der Waals surface area contributed by atoms with Crippen molar-refractivity contribution >= 4 is 5.96 Å². The van der Waals surface area contributed by atoms with E-state index in [2.05, 4.69) is 42.8 Å². The Balaban J connectivity index is 1.33. The average Bonchev–Trinajstić information content (AvgIpc) is 3.35. The van der Waals surface area contributed by atoms with Crippen LogP contribution in [0.25, 0.3) is 0 Å². The highest BCUT2D eigenvalue weighted by atomic mass is 15.3. The van der Waals surface area contributed by atoms with Crippen molar-refractivity contribution in [2.45, 2.75) is 45.6 Å². The summed E-state index contributed by atoms with van der Waals surface area (Å²) in [5.74, 6) is 2.99. The van der Waals surface area contributed by atoms with Crippen molar-refractivity contribution < 1.29 is 0 Å². The normalized spacial score (nSPS) is 22.1. The first-order valence-corrected chi connectivity index (χ1v) is 9.92. The lowest BCUT2D eigenvalue weighted by Crippen LogP contribution is -2.41. The maximum atomic E-state index is 4.50. The molecule has 3 heterocycles. The van der Waals surface area contributed by atoms with Crippen LogP contribution in [0.4, 0.5) is 0 Å². The van der Waals surface area contributed by atoms with E-state index < -0.39 is 0 Å². The Morgan fingerprint density at radius 1 is 1.28 bits per heavy atom. The fraction of sp³-hybridized carbons (Fsp3) is 0.789. The fourth-order valence-electron chi connectivity index (χ4n) is 4.08. The molecule has 0 saturated carbocycles. The molecule has 2 aliphatic heterocycles. The zero-order valence-corrected chi connectivity index (χ0v) is 16.0. The number of likely N-dealkylation sites (tertiary alicyclic amines) is 2. The van der Waals surface area contributed by atoms with Gasteiger partial charge in [-0.1, -0.05) is 0 Å². The topological polar surface area (TPSA) is 48.7 Å². The maximum absolute atomic E-state index is 4.50. The number of hydrogen-bond acceptors (Lipinski definition) is 3. The number of aliphatic imine (C=N–C) groups is 1. The van der Waals surface area contributed by atoms with Crippen LogP contribution in [0.3, 0.4) is 0 Å². The van der Waals surface area contributed by atoms with Crippen LogP contribution < -0.4 is 5.32 Å². The van der Waals surface area contributed by atoms with Gasteiger partial charge in [0.05, 0.1) is 0 Å².